The van der Waals surface area contributed by atoms with E-state index in [9.17, 15) is 9.90 Å². The summed E-state index contributed by atoms with van der Waals surface area (Å²) < 4.78 is 5.31. The van der Waals surface area contributed by atoms with Crippen molar-refractivity contribution >= 4 is 22.7 Å². The monoisotopic (exact) mass is 273 g/mol. The Morgan fingerprint density at radius 3 is 2.95 bits per heavy atom. The van der Waals surface area contributed by atoms with Crippen molar-refractivity contribution in [3.8, 4) is 0 Å². The highest BCUT2D eigenvalue weighted by molar-refractivity contribution is 5.91. The third-order valence-corrected chi connectivity index (χ3v) is 3.67. The van der Waals surface area contributed by atoms with Crippen LogP contribution in [0.2, 0.25) is 0 Å². The molecule has 2 aromatic rings. The molecule has 104 valence electrons. The lowest BCUT2D eigenvalue weighted by Crippen LogP contribution is -2.36. The van der Waals surface area contributed by atoms with Gasteiger partial charge in [-0.2, -0.15) is 0 Å². The van der Waals surface area contributed by atoms with E-state index in [1.54, 1.807) is 12.0 Å². The van der Waals surface area contributed by atoms with Gasteiger partial charge in [-0.15, -0.1) is 0 Å². The van der Waals surface area contributed by atoms with Crippen molar-refractivity contribution in [2.45, 2.75) is 18.6 Å². The van der Waals surface area contributed by atoms with E-state index < -0.39 is 12.0 Å². The summed E-state index contributed by atoms with van der Waals surface area (Å²) in [7, 11) is 1.60. The van der Waals surface area contributed by atoms with Crippen LogP contribution in [0.1, 0.15) is 6.42 Å². The van der Waals surface area contributed by atoms with Gasteiger partial charge in [0.15, 0.2) is 0 Å². The highest BCUT2D eigenvalue weighted by Crippen LogP contribution is 2.30. The summed E-state index contributed by atoms with van der Waals surface area (Å²) in [4.78, 5) is 21.7. The number of carboxylic acid groups (broad SMARTS) is 1. The Kier molecular flexibility index (Phi) is 3.23. The molecule has 1 aromatic heterocycles. The van der Waals surface area contributed by atoms with Crippen LogP contribution >= 0.6 is 0 Å². The van der Waals surface area contributed by atoms with Crippen LogP contribution in [0.3, 0.4) is 0 Å². The molecule has 2 atom stereocenters. The van der Waals surface area contributed by atoms with Crippen LogP contribution in [0.25, 0.3) is 10.9 Å². The summed E-state index contributed by atoms with van der Waals surface area (Å²) >= 11 is 0. The maximum Gasteiger partial charge on any atom is 0.326 e. The molecule has 20 heavy (non-hydrogen) atoms. The third-order valence-electron chi connectivity index (χ3n) is 3.67. The zero-order valence-corrected chi connectivity index (χ0v) is 11.1. The number of methoxy groups -OCH3 is 1. The molecule has 0 radical (unpaired) electrons. The van der Waals surface area contributed by atoms with E-state index in [0.717, 1.165) is 10.9 Å². The van der Waals surface area contributed by atoms with Crippen molar-refractivity contribution in [2.75, 3.05) is 18.6 Å². The molecule has 1 saturated heterocycles. The van der Waals surface area contributed by atoms with Crippen LogP contribution in [0.4, 0.5) is 5.82 Å². The quantitative estimate of drug-likeness (QED) is 0.908. The second kappa shape index (κ2) is 5.05. The summed E-state index contributed by atoms with van der Waals surface area (Å²) in [6.07, 6.45) is 1.84. The van der Waals surface area contributed by atoms with E-state index in [1.807, 2.05) is 24.3 Å². The summed E-state index contributed by atoms with van der Waals surface area (Å²) in [5.41, 5.74) is 0.808. The maximum absolute atomic E-state index is 11.4. The molecule has 2 heterocycles. The Hall–Kier alpha value is -2.21. The fraction of sp³-hybridized carbons (Fsp3) is 0.357. The molecule has 1 N–H and O–H groups in total. The largest absolute Gasteiger partial charge is 0.480 e. The maximum atomic E-state index is 11.4. The van der Waals surface area contributed by atoms with E-state index in [1.165, 1.54) is 6.33 Å². The predicted octanol–water partition coefficient (Wildman–Crippen LogP) is 1.31. The molecule has 0 amide bonds. The number of hydrogen-bond donors (Lipinski definition) is 1. The molecule has 0 bridgehead atoms. The Bertz CT molecular complexity index is 641. The molecular weight excluding hydrogens is 258 g/mol. The minimum atomic E-state index is -0.854. The minimum Gasteiger partial charge on any atom is -0.480 e. The number of aliphatic carboxylic acids is 1. The SMILES string of the molecule is COC1CC(C(=O)O)N(c2ncnc3ccccc23)C1. The number of fused-ring (bicyclic) bond motifs is 1. The molecule has 3 rings (SSSR count). The van der Waals surface area contributed by atoms with Crippen LogP contribution in [0, 0.1) is 0 Å². The van der Waals surface area contributed by atoms with Crippen molar-refractivity contribution in [1.29, 1.82) is 0 Å². The van der Waals surface area contributed by atoms with Gasteiger partial charge in [0, 0.05) is 25.5 Å². The number of carboxylic acids is 1. The highest BCUT2D eigenvalue weighted by atomic mass is 16.5. The van der Waals surface area contributed by atoms with Crippen molar-refractivity contribution in [3.05, 3.63) is 30.6 Å². The third kappa shape index (κ3) is 2.08. The van der Waals surface area contributed by atoms with E-state index >= 15 is 0 Å². The van der Waals surface area contributed by atoms with E-state index in [0.29, 0.717) is 18.8 Å². The number of ether oxygens (including phenoxy) is 1. The van der Waals surface area contributed by atoms with Gasteiger partial charge in [0.05, 0.1) is 11.6 Å². The molecule has 2 unspecified atom stereocenters. The first kappa shape index (κ1) is 12.8. The van der Waals surface area contributed by atoms with Crippen molar-refractivity contribution in [3.63, 3.8) is 0 Å². The standard InChI is InChI=1S/C14H15N3O3/c1-20-9-6-12(14(18)19)17(7-9)13-10-4-2-3-5-11(10)15-8-16-13/h2-5,8-9,12H,6-7H2,1H3,(H,18,19). The average molecular weight is 273 g/mol. The molecule has 1 aliphatic heterocycles. The van der Waals surface area contributed by atoms with Gasteiger partial charge in [0.2, 0.25) is 0 Å². The number of aromatic nitrogens is 2. The van der Waals surface area contributed by atoms with Gasteiger partial charge < -0.3 is 14.7 Å². The number of rotatable bonds is 3. The summed E-state index contributed by atoms with van der Waals surface area (Å²) in [6, 6.07) is 6.98. The molecular formula is C14H15N3O3. The van der Waals surface area contributed by atoms with Gasteiger partial charge in [-0.05, 0) is 12.1 Å². The van der Waals surface area contributed by atoms with Gasteiger partial charge in [0.1, 0.15) is 18.2 Å². The first-order valence-corrected chi connectivity index (χ1v) is 6.42. The van der Waals surface area contributed by atoms with Crippen LogP contribution in [-0.4, -0.2) is 46.8 Å². The lowest BCUT2D eigenvalue weighted by atomic mass is 10.2. The number of anilines is 1. The zero-order valence-electron chi connectivity index (χ0n) is 11.1. The smallest absolute Gasteiger partial charge is 0.326 e. The second-order valence-electron chi connectivity index (χ2n) is 4.81. The topological polar surface area (TPSA) is 75.6 Å². The Morgan fingerprint density at radius 2 is 2.20 bits per heavy atom. The van der Waals surface area contributed by atoms with Crippen molar-refractivity contribution in [2.24, 2.45) is 0 Å². The second-order valence-corrected chi connectivity index (χ2v) is 4.81. The zero-order chi connectivity index (χ0) is 14.1. The normalized spacial score (nSPS) is 22.4. The molecule has 0 saturated carbocycles. The Morgan fingerprint density at radius 1 is 1.40 bits per heavy atom. The first-order chi connectivity index (χ1) is 9.70. The average Bonchev–Trinajstić information content (AvgIpc) is 2.91. The van der Waals surface area contributed by atoms with Gasteiger partial charge in [-0.1, -0.05) is 12.1 Å². The van der Waals surface area contributed by atoms with Gasteiger partial charge in [-0.25, -0.2) is 14.8 Å². The summed E-state index contributed by atoms with van der Waals surface area (Å²) in [6.45, 7) is 0.522. The number of benzene rings is 1. The molecule has 0 spiro atoms. The molecule has 0 aliphatic carbocycles. The minimum absolute atomic E-state index is 0.0928. The van der Waals surface area contributed by atoms with E-state index in [-0.39, 0.29) is 6.10 Å². The fourth-order valence-electron chi connectivity index (χ4n) is 2.66. The van der Waals surface area contributed by atoms with E-state index in [4.69, 9.17) is 4.74 Å². The lowest BCUT2D eigenvalue weighted by molar-refractivity contribution is -0.138. The van der Waals surface area contributed by atoms with Crippen LogP contribution in [-0.2, 0) is 9.53 Å². The van der Waals surface area contributed by atoms with Crippen molar-refractivity contribution < 1.29 is 14.6 Å². The fourth-order valence-corrected chi connectivity index (χ4v) is 2.66. The van der Waals surface area contributed by atoms with Crippen LogP contribution in [0.5, 0.6) is 0 Å². The van der Waals surface area contributed by atoms with Crippen LogP contribution < -0.4 is 4.90 Å². The van der Waals surface area contributed by atoms with Crippen LogP contribution in [0.15, 0.2) is 30.6 Å². The predicted molar refractivity (Wildman–Crippen MR) is 73.7 cm³/mol. The summed E-state index contributed by atoms with van der Waals surface area (Å²) in [5, 5.41) is 10.2. The van der Waals surface area contributed by atoms with Crippen molar-refractivity contribution in [1.82, 2.24) is 9.97 Å². The molecule has 1 aliphatic rings. The Balaban J connectivity index is 2.07. The number of hydrogen-bond acceptors (Lipinski definition) is 5. The number of carbonyl (C=O) groups is 1. The van der Waals surface area contributed by atoms with E-state index in [2.05, 4.69) is 9.97 Å². The summed E-state index contributed by atoms with van der Waals surface area (Å²) in [5.74, 6) is -0.199. The Labute approximate surface area is 116 Å². The number of para-hydroxylation sites is 1. The van der Waals surface area contributed by atoms with Gasteiger partial charge in [0.25, 0.3) is 0 Å². The molecule has 1 aromatic carbocycles. The van der Waals surface area contributed by atoms with Gasteiger partial charge in [-0.3, -0.25) is 0 Å². The molecule has 1 fully saturated rings. The first-order valence-electron chi connectivity index (χ1n) is 6.42. The molecule has 6 nitrogen and oxygen atoms in total. The number of nitrogens with zero attached hydrogens (tertiary/aromatic N) is 3. The molecule has 6 heteroatoms. The highest BCUT2D eigenvalue weighted by Gasteiger charge is 2.38. The lowest BCUT2D eigenvalue weighted by Gasteiger charge is -2.23. The van der Waals surface area contributed by atoms with Gasteiger partial charge >= 0.3 is 5.97 Å².